The van der Waals surface area contributed by atoms with Crippen LogP contribution in [0.1, 0.15) is 11.1 Å². The molecule has 24 heavy (non-hydrogen) atoms. The monoisotopic (exact) mass is 405 g/mol. The van der Waals surface area contributed by atoms with Crippen molar-refractivity contribution in [1.82, 2.24) is 9.97 Å². The van der Waals surface area contributed by atoms with Gasteiger partial charge in [-0.3, -0.25) is 0 Å². The summed E-state index contributed by atoms with van der Waals surface area (Å²) in [5, 5.41) is 3.57. The number of rotatable bonds is 3. The first-order valence-electron chi connectivity index (χ1n) is 7.26. The SMILES string of the molecule is Cc1cc(Br)cc(C)c1Nc1cc(Cl)nc(-c2cccc(F)c2)n1. The van der Waals surface area contributed by atoms with E-state index in [1.54, 1.807) is 18.2 Å². The lowest BCUT2D eigenvalue weighted by molar-refractivity contribution is 0.628. The highest BCUT2D eigenvalue weighted by molar-refractivity contribution is 9.10. The molecule has 0 bridgehead atoms. The second kappa shape index (κ2) is 6.87. The lowest BCUT2D eigenvalue weighted by Gasteiger charge is -2.14. The maximum absolute atomic E-state index is 13.4. The first-order valence-corrected chi connectivity index (χ1v) is 8.44. The van der Waals surface area contributed by atoms with E-state index >= 15 is 0 Å². The molecule has 0 fully saturated rings. The third-order valence-electron chi connectivity index (χ3n) is 3.53. The van der Waals surface area contributed by atoms with Crippen LogP contribution in [0.4, 0.5) is 15.9 Å². The van der Waals surface area contributed by atoms with Gasteiger partial charge < -0.3 is 5.32 Å². The van der Waals surface area contributed by atoms with Gasteiger partial charge in [-0.05, 0) is 49.2 Å². The molecular weight excluding hydrogens is 393 g/mol. The van der Waals surface area contributed by atoms with Crippen molar-refractivity contribution in [1.29, 1.82) is 0 Å². The van der Waals surface area contributed by atoms with Gasteiger partial charge in [0, 0.05) is 21.8 Å². The quantitative estimate of drug-likeness (QED) is 0.537. The molecule has 2 aromatic carbocycles. The molecule has 3 nitrogen and oxygen atoms in total. The minimum absolute atomic E-state index is 0.291. The molecular formula is C18H14BrClFN3. The molecule has 0 spiro atoms. The number of aryl methyl sites for hydroxylation is 2. The fourth-order valence-corrected chi connectivity index (χ4v) is 3.34. The second-order valence-electron chi connectivity index (χ2n) is 5.45. The highest BCUT2D eigenvalue weighted by Gasteiger charge is 2.10. The number of benzene rings is 2. The lowest BCUT2D eigenvalue weighted by Crippen LogP contribution is -2.01. The Hall–Kier alpha value is -1.98. The molecule has 3 aromatic rings. The Morgan fingerprint density at radius 2 is 1.75 bits per heavy atom. The van der Waals surface area contributed by atoms with Gasteiger partial charge in [0.2, 0.25) is 0 Å². The predicted molar refractivity (Wildman–Crippen MR) is 99.3 cm³/mol. The molecule has 0 aliphatic carbocycles. The summed E-state index contributed by atoms with van der Waals surface area (Å²) in [7, 11) is 0. The fourth-order valence-electron chi connectivity index (χ4n) is 2.47. The summed E-state index contributed by atoms with van der Waals surface area (Å²) in [5.41, 5.74) is 3.68. The fraction of sp³-hybridized carbons (Fsp3) is 0.111. The van der Waals surface area contributed by atoms with Crippen molar-refractivity contribution < 1.29 is 4.39 Å². The Bertz CT molecular complexity index is 892. The summed E-state index contributed by atoms with van der Waals surface area (Å²) < 4.78 is 14.5. The molecule has 0 aliphatic rings. The minimum Gasteiger partial charge on any atom is -0.340 e. The number of nitrogens with zero attached hydrogens (tertiary/aromatic N) is 2. The summed E-state index contributed by atoms with van der Waals surface area (Å²) in [4.78, 5) is 8.65. The summed E-state index contributed by atoms with van der Waals surface area (Å²) in [5.74, 6) is 0.588. The topological polar surface area (TPSA) is 37.8 Å². The molecule has 3 rings (SSSR count). The van der Waals surface area contributed by atoms with E-state index in [0.29, 0.717) is 22.4 Å². The third-order valence-corrected chi connectivity index (χ3v) is 4.18. The van der Waals surface area contributed by atoms with Crippen LogP contribution in [0.15, 0.2) is 46.9 Å². The van der Waals surface area contributed by atoms with Crippen molar-refractivity contribution in [3.05, 3.63) is 69.0 Å². The second-order valence-corrected chi connectivity index (χ2v) is 6.75. The lowest BCUT2D eigenvalue weighted by atomic mass is 10.1. The Morgan fingerprint density at radius 3 is 2.42 bits per heavy atom. The number of nitrogens with one attached hydrogen (secondary N) is 1. The number of halogens is 3. The van der Waals surface area contributed by atoms with E-state index in [1.165, 1.54) is 12.1 Å². The van der Waals surface area contributed by atoms with Crippen LogP contribution in [0, 0.1) is 19.7 Å². The maximum Gasteiger partial charge on any atom is 0.163 e. The van der Waals surface area contributed by atoms with E-state index in [2.05, 4.69) is 31.2 Å². The van der Waals surface area contributed by atoms with Crippen molar-refractivity contribution >= 4 is 39.0 Å². The standard InChI is InChI=1S/C18H14BrClFN3/c1-10-6-13(19)7-11(2)17(10)23-16-9-15(20)22-18(24-16)12-4-3-5-14(21)8-12/h3-9H,1-2H3,(H,22,23,24). The van der Waals surface area contributed by atoms with Gasteiger partial charge in [-0.1, -0.05) is 39.7 Å². The number of hydrogen-bond donors (Lipinski definition) is 1. The largest absolute Gasteiger partial charge is 0.340 e. The van der Waals surface area contributed by atoms with Gasteiger partial charge in [0.25, 0.3) is 0 Å². The van der Waals surface area contributed by atoms with E-state index in [0.717, 1.165) is 21.3 Å². The van der Waals surface area contributed by atoms with Crippen LogP contribution >= 0.6 is 27.5 Å². The van der Waals surface area contributed by atoms with E-state index in [4.69, 9.17) is 11.6 Å². The maximum atomic E-state index is 13.4. The van der Waals surface area contributed by atoms with Gasteiger partial charge in [0.15, 0.2) is 5.82 Å². The zero-order valence-electron chi connectivity index (χ0n) is 13.1. The molecule has 1 heterocycles. The third kappa shape index (κ3) is 3.74. The number of hydrogen-bond acceptors (Lipinski definition) is 3. The normalized spacial score (nSPS) is 10.7. The molecule has 0 saturated carbocycles. The van der Waals surface area contributed by atoms with Gasteiger partial charge >= 0.3 is 0 Å². The predicted octanol–water partition coefficient (Wildman–Crippen LogP) is 6.06. The molecule has 1 aromatic heterocycles. The van der Waals surface area contributed by atoms with Gasteiger partial charge in [0.1, 0.15) is 16.8 Å². The molecule has 6 heteroatoms. The van der Waals surface area contributed by atoms with Crippen LogP contribution in [-0.2, 0) is 0 Å². The molecule has 0 saturated heterocycles. The first kappa shape index (κ1) is 16.9. The molecule has 1 N–H and O–H groups in total. The molecule has 0 radical (unpaired) electrons. The van der Waals surface area contributed by atoms with Gasteiger partial charge in [-0.25, -0.2) is 14.4 Å². The van der Waals surface area contributed by atoms with Crippen LogP contribution in [0.3, 0.4) is 0 Å². The molecule has 0 atom stereocenters. The first-order chi connectivity index (χ1) is 11.4. The smallest absolute Gasteiger partial charge is 0.163 e. The van der Waals surface area contributed by atoms with Crippen molar-refractivity contribution in [2.24, 2.45) is 0 Å². The van der Waals surface area contributed by atoms with Gasteiger partial charge in [-0.15, -0.1) is 0 Å². The van der Waals surface area contributed by atoms with E-state index in [-0.39, 0.29) is 5.82 Å². The average Bonchev–Trinajstić information content (AvgIpc) is 2.50. The van der Waals surface area contributed by atoms with Gasteiger partial charge in [0.05, 0.1) is 0 Å². The molecule has 0 aliphatic heterocycles. The molecule has 122 valence electrons. The van der Waals surface area contributed by atoms with Crippen molar-refractivity contribution in [3.63, 3.8) is 0 Å². The summed E-state index contributed by atoms with van der Waals surface area (Å²) >= 11 is 9.60. The molecule has 0 unspecified atom stereocenters. The zero-order valence-corrected chi connectivity index (χ0v) is 15.4. The van der Waals surface area contributed by atoms with Crippen LogP contribution in [-0.4, -0.2) is 9.97 Å². The van der Waals surface area contributed by atoms with Crippen LogP contribution in [0.5, 0.6) is 0 Å². The van der Waals surface area contributed by atoms with Crippen molar-refractivity contribution in [2.45, 2.75) is 13.8 Å². The number of anilines is 2. The van der Waals surface area contributed by atoms with E-state index < -0.39 is 0 Å². The Kier molecular flexibility index (Phi) is 4.83. The average molecular weight is 407 g/mol. The van der Waals surface area contributed by atoms with E-state index in [1.807, 2.05) is 26.0 Å². The Morgan fingerprint density at radius 1 is 1.04 bits per heavy atom. The van der Waals surface area contributed by atoms with Crippen LogP contribution in [0.25, 0.3) is 11.4 Å². The zero-order chi connectivity index (χ0) is 17.3. The molecule has 0 amide bonds. The Balaban J connectivity index is 2.01. The summed E-state index contributed by atoms with van der Waals surface area (Å²) in [6.07, 6.45) is 0. The number of aromatic nitrogens is 2. The summed E-state index contributed by atoms with van der Waals surface area (Å²) in [6, 6.07) is 11.8. The van der Waals surface area contributed by atoms with Crippen molar-refractivity contribution in [2.75, 3.05) is 5.32 Å². The van der Waals surface area contributed by atoms with Crippen molar-refractivity contribution in [3.8, 4) is 11.4 Å². The van der Waals surface area contributed by atoms with Crippen LogP contribution < -0.4 is 5.32 Å². The highest BCUT2D eigenvalue weighted by Crippen LogP contribution is 2.29. The van der Waals surface area contributed by atoms with Crippen LogP contribution in [0.2, 0.25) is 5.15 Å². The van der Waals surface area contributed by atoms with Gasteiger partial charge in [-0.2, -0.15) is 0 Å². The highest BCUT2D eigenvalue weighted by atomic mass is 79.9. The minimum atomic E-state index is -0.342. The summed E-state index contributed by atoms with van der Waals surface area (Å²) in [6.45, 7) is 4.02. The Labute approximate surface area is 153 Å². The van der Waals surface area contributed by atoms with E-state index in [9.17, 15) is 4.39 Å².